The molecule has 0 aliphatic rings. The van der Waals surface area contributed by atoms with E-state index in [0.29, 0.717) is 11.3 Å². The van der Waals surface area contributed by atoms with Crippen molar-refractivity contribution in [2.75, 3.05) is 29.2 Å². The van der Waals surface area contributed by atoms with Crippen LogP contribution < -0.4 is 10.6 Å². The normalized spacial score (nSPS) is 10.1. The minimum absolute atomic E-state index is 0.130. The molecule has 0 saturated heterocycles. The molecule has 0 heterocycles. The molecule has 2 amide bonds. The monoisotopic (exact) mass is 386 g/mol. The standard InChI is InChI=1S/C20H22N2O4S/c1-3-14-7-9-16(10-8-14)21-18(23)12-27-13-19(24)22-17-6-4-5-15(11-17)20(25)26-2/h4-11H,3,12-13H2,1-2H3,(H,21,23)(H,22,24). The van der Waals surface area contributed by atoms with Crippen molar-refractivity contribution in [3.05, 3.63) is 59.7 Å². The third-order valence-corrected chi connectivity index (χ3v) is 4.61. The van der Waals surface area contributed by atoms with Crippen LogP contribution in [0.25, 0.3) is 0 Å². The van der Waals surface area contributed by atoms with Gasteiger partial charge in [0.15, 0.2) is 0 Å². The van der Waals surface area contributed by atoms with E-state index in [0.717, 1.165) is 12.1 Å². The molecule has 0 fully saturated rings. The van der Waals surface area contributed by atoms with Crippen molar-refractivity contribution in [3.63, 3.8) is 0 Å². The van der Waals surface area contributed by atoms with Crippen molar-refractivity contribution >= 4 is 40.9 Å². The SMILES string of the molecule is CCc1ccc(NC(=O)CSCC(=O)Nc2cccc(C(=O)OC)c2)cc1. The van der Waals surface area contributed by atoms with Gasteiger partial charge in [-0.3, -0.25) is 9.59 Å². The van der Waals surface area contributed by atoms with Gasteiger partial charge in [0.25, 0.3) is 0 Å². The van der Waals surface area contributed by atoms with E-state index in [4.69, 9.17) is 0 Å². The first kappa shape index (κ1) is 20.5. The smallest absolute Gasteiger partial charge is 0.337 e. The molecule has 0 bridgehead atoms. The number of hydrogen-bond acceptors (Lipinski definition) is 5. The quantitative estimate of drug-likeness (QED) is 0.680. The molecule has 0 aromatic heterocycles. The Kier molecular flexibility index (Phi) is 7.88. The number of nitrogens with one attached hydrogen (secondary N) is 2. The fraction of sp³-hybridized carbons (Fsp3) is 0.250. The average Bonchev–Trinajstić information content (AvgIpc) is 2.68. The summed E-state index contributed by atoms with van der Waals surface area (Å²) < 4.78 is 4.65. The molecule has 7 heteroatoms. The molecule has 2 N–H and O–H groups in total. The minimum Gasteiger partial charge on any atom is -0.465 e. The second-order valence-electron chi connectivity index (χ2n) is 5.71. The van der Waals surface area contributed by atoms with Gasteiger partial charge in [-0.25, -0.2) is 4.79 Å². The number of esters is 1. The summed E-state index contributed by atoms with van der Waals surface area (Å²) in [4.78, 5) is 35.4. The number of benzene rings is 2. The van der Waals surface area contributed by atoms with E-state index in [9.17, 15) is 14.4 Å². The van der Waals surface area contributed by atoms with E-state index in [-0.39, 0.29) is 23.3 Å². The van der Waals surface area contributed by atoms with Crippen LogP contribution in [0.2, 0.25) is 0 Å². The number of methoxy groups -OCH3 is 1. The highest BCUT2D eigenvalue weighted by atomic mass is 32.2. The maximum atomic E-state index is 12.0. The molecule has 0 radical (unpaired) electrons. The zero-order chi connectivity index (χ0) is 19.6. The molecule has 0 spiro atoms. The van der Waals surface area contributed by atoms with Crippen LogP contribution in [0.4, 0.5) is 11.4 Å². The van der Waals surface area contributed by atoms with Crippen LogP contribution in [0, 0.1) is 0 Å². The zero-order valence-corrected chi connectivity index (χ0v) is 16.1. The highest BCUT2D eigenvalue weighted by Crippen LogP contribution is 2.13. The van der Waals surface area contributed by atoms with Gasteiger partial charge in [0.05, 0.1) is 24.2 Å². The fourth-order valence-electron chi connectivity index (χ4n) is 2.30. The van der Waals surface area contributed by atoms with Crippen molar-refractivity contribution in [2.24, 2.45) is 0 Å². The Morgan fingerprint density at radius 3 is 2.15 bits per heavy atom. The lowest BCUT2D eigenvalue weighted by Crippen LogP contribution is -2.18. The molecule has 2 aromatic rings. The van der Waals surface area contributed by atoms with Gasteiger partial charge in [-0.2, -0.15) is 0 Å². The number of anilines is 2. The Balaban J connectivity index is 1.75. The highest BCUT2D eigenvalue weighted by molar-refractivity contribution is 8.00. The number of carbonyl (C=O) groups excluding carboxylic acids is 3. The summed E-state index contributed by atoms with van der Waals surface area (Å²) in [5, 5.41) is 5.50. The second kappa shape index (κ2) is 10.4. The first-order chi connectivity index (χ1) is 13.0. The molecular weight excluding hydrogens is 364 g/mol. The lowest BCUT2D eigenvalue weighted by atomic mass is 10.1. The van der Waals surface area contributed by atoms with Crippen molar-refractivity contribution in [3.8, 4) is 0 Å². The van der Waals surface area contributed by atoms with Gasteiger partial charge < -0.3 is 15.4 Å². The Morgan fingerprint density at radius 1 is 0.926 bits per heavy atom. The van der Waals surface area contributed by atoms with Gasteiger partial charge in [0.2, 0.25) is 11.8 Å². The highest BCUT2D eigenvalue weighted by Gasteiger charge is 2.09. The first-order valence-corrected chi connectivity index (χ1v) is 9.62. The number of thioether (sulfide) groups is 1. The summed E-state index contributed by atoms with van der Waals surface area (Å²) in [5.74, 6) is -0.577. The number of rotatable bonds is 8. The predicted molar refractivity (Wildman–Crippen MR) is 108 cm³/mol. The van der Waals surface area contributed by atoms with Crippen molar-refractivity contribution in [2.45, 2.75) is 13.3 Å². The molecule has 0 unspecified atom stereocenters. The first-order valence-electron chi connectivity index (χ1n) is 8.46. The number of amides is 2. The molecule has 2 aromatic carbocycles. The van der Waals surface area contributed by atoms with Crippen LogP contribution in [0.3, 0.4) is 0 Å². The van der Waals surface area contributed by atoms with Gasteiger partial charge in [0, 0.05) is 11.4 Å². The summed E-state index contributed by atoms with van der Waals surface area (Å²) in [6, 6.07) is 14.2. The van der Waals surface area contributed by atoms with E-state index >= 15 is 0 Å². The van der Waals surface area contributed by atoms with Crippen LogP contribution >= 0.6 is 11.8 Å². The topological polar surface area (TPSA) is 84.5 Å². The maximum absolute atomic E-state index is 12.0. The summed E-state index contributed by atoms with van der Waals surface area (Å²) >= 11 is 1.21. The Labute approximate surface area is 162 Å². The van der Waals surface area contributed by atoms with Crippen LogP contribution in [0.1, 0.15) is 22.8 Å². The van der Waals surface area contributed by atoms with Crippen LogP contribution in [0.5, 0.6) is 0 Å². The molecule has 0 saturated carbocycles. The van der Waals surface area contributed by atoms with E-state index in [1.807, 2.05) is 24.3 Å². The van der Waals surface area contributed by atoms with E-state index < -0.39 is 5.97 Å². The van der Waals surface area contributed by atoms with Crippen LogP contribution in [0.15, 0.2) is 48.5 Å². The molecule has 6 nitrogen and oxygen atoms in total. The Bertz CT molecular complexity index is 806. The summed E-state index contributed by atoms with van der Waals surface area (Å²) in [7, 11) is 1.30. The van der Waals surface area contributed by atoms with Gasteiger partial charge in [-0.05, 0) is 42.3 Å². The van der Waals surface area contributed by atoms with Gasteiger partial charge >= 0.3 is 5.97 Å². The maximum Gasteiger partial charge on any atom is 0.337 e. The molecule has 0 aliphatic carbocycles. The summed E-state index contributed by atoms with van der Waals surface area (Å²) in [6.07, 6.45) is 0.946. The zero-order valence-electron chi connectivity index (χ0n) is 15.3. The molecule has 0 aliphatic heterocycles. The molecule has 2 rings (SSSR count). The third kappa shape index (κ3) is 6.79. The van der Waals surface area contributed by atoms with Crippen molar-refractivity contribution in [1.29, 1.82) is 0 Å². The Hall–Kier alpha value is -2.80. The largest absolute Gasteiger partial charge is 0.465 e. The van der Waals surface area contributed by atoms with E-state index in [1.165, 1.54) is 24.4 Å². The van der Waals surface area contributed by atoms with E-state index in [2.05, 4.69) is 22.3 Å². The lowest BCUT2D eigenvalue weighted by Gasteiger charge is -2.08. The average molecular weight is 386 g/mol. The van der Waals surface area contributed by atoms with Crippen LogP contribution in [-0.2, 0) is 20.7 Å². The molecular formula is C20H22N2O4S. The van der Waals surface area contributed by atoms with Crippen LogP contribution in [-0.4, -0.2) is 36.4 Å². The number of ether oxygens (including phenoxy) is 1. The predicted octanol–water partition coefficient (Wildman–Crippen LogP) is 3.35. The fourth-order valence-corrected chi connectivity index (χ4v) is 2.91. The third-order valence-electron chi connectivity index (χ3n) is 3.68. The molecule has 27 heavy (non-hydrogen) atoms. The number of aryl methyl sites for hydroxylation is 1. The van der Waals surface area contributed by atoms with Gasteiger partial charge in [-0.1, -0.05) is 25.1 Å². The van der Waals surface area contributed by atoms with Gasteiger partial charge in [0.1, 0.15) is 0 Å². The number of hydrogen-bond donors (Lipinski definition) is 2. The number of carbonyl (C=O) groups is 3. The summed E-state index contributed by atoms with van der Waals surface area (Å²) in [5.41, 5.74) is 2.80. The van der Waals surface area contributed by atoms with Gasteiger partial charge in [-0.15, -0.1) is 11.8 Å². The van der Waals surface area contributed by atoms with Crippen molar-refractivity contribution in [1.82, 2.24) is 0 Å². The Morgan fingerprint density at radius 2 is 1.56 bits per heavy atom. The summed E-state index contributed by atoms with van der Waals surface area (Å²) in [6.45, 7) is 2.07. The minimum atomic E-state index is -0.468. The molecule has 0 atom stereocenters. The second-order valence-corrected chi connectivity index (χ2v) is 6.70. The lowest BCUT2D eigenvalue weighted by molar-refractivity contribution is -0.114. The van der Waals surface area contributed by atoms with E-state index in [1.54, 1.807) is 24.3 Å². The molecule has 142 valence electrons. The van der Waals surface area contributed by atoms with Crippen molar-refractivity contribution < 1.29 is 19.1 Å².